The van der Waals surface area contributed by atoms with E-state index in [1.165, 1.54) is 17.0 Å². The molecular formula is C16H15F3N4O2. The van der Waals surface area contributed by atoms with E-state index in [0.29, 0.717) is 22.7 Å². The number of carbonyl (C=O) groups is 1. The summed E-state index contributed by atoms with van der Waals surface area (Å²) in [5.41, 5.74) is 2.09. The Morgan fingerprint density at radius 2 is 2.04 bits per heavy atom. The third-order valence-electron chi connectivity index (χ3n) is 3.76. The molecule has 0 spiro atoms. The molecular weight excluding hydrogens is 337 g/mol. The Morgan fingerprint density at radius 3 is 2.64 bits per heavy atom. The van der Waals surface area contributed by atoms with Crippen LogP contribution in [0, 0.1) is 13.8 Å². The lowest BCUT2D eigenvalue weighted by atomic mass is 10.2. The summed E-state index contributed by atoms with van der Waals surface area (Å²) in [4.78, 5) is 16.6. The van der Waals surface area contributed by atoms with Gasteiger partial charge in [0.15, 0.2) is 5.65 Å². The van der Waals surface area contributed by atoms with Crippen LogP contribution in [0.3, 0.4) is 0 Å². The van der Waals surface area contributed by atoms with Crippen LogP contribution in [0.2, 0.25) is 0 Å². The van der Waals surface area contributed by atoms with E-state index in [-0.39, 0.29) is 11.2 Å². The zero-order valence-corrected chi connectivity index (χ0v) is 13.7. The quantitative estimate of drug-likeness (QED) is 0.785. The van der Waals surface area contributed by atoms with Gasteiger partial charge in [0.2, 0.25) is 0 Å². The number of alkyl halides is 3. The average molecular weight is 352 g/mol. The third-order valence-corrected chi connectivity index (χ3v) is 3.76. The maximum atomic E-state index is 12.7. The molecule has 1 atom stereocenters. The van der Waals surface area contributed by atoms with Gasteiger partial charge < -0.3 is 9.73 Å². The first-order chi connectivity index (χ1) is 11.7. The maximum absolute atomic E-state index is 12.7. The molecule has 0 aliphatic heterocycles. The molecule has 1 N–H and O–H groups in total. The number of halogens is 3. The van der Waals surface area contributed by atoms with E-state index in [1.54, 1.807) is 26.0 Å². The second-order valence-electron chi connectivity index (χ2n) is 5.76. The predicted molar refractivity (Wildman–Crippen MR) is 83.1 cm³/mol. The van der Waals surface area contributed by atoms with Crippen molar-refractivity contribution in [3.63, 3.8) is 0 Å². The molecule has 0 saturated carbocycles. The van der Waals surface area contributed by atoms with Crippen molar-refractivity contribution in [3.05, 3.63) is 41.6 Å². The normalized spacial score (nSPS) is 13.2. The molecule has 1 amide bonds. The molecule has 3 rings (SSSR count). The van der Waals surface area contributed by atoms with E-state index in [0.717, 1.165) is 6.92 Å². The van der Waals surface area contributed by atoms with Crippen molar-refractivity contribution in [1.82, 2.24) is 19.9 Å². The Kier molecular flexibility index (Phi) is 4.02. The number of carbonyl (C=O) groups excluding carboxylic acids is 1. The third kappa shape index (κ3) is 3.21. The number of nitrogens with one attached hydrogen (secondary N) is 1. The van der Waals surface area contributed by atoms with Gasteiger partial charge in [-0.2, -0.15) is 18.3 Å². The highest BCUT2D eigenvalue weighted by Crippen LogP contribution is 2.24. The number of hydrogen-bond donors (Lipinski definition) is 1. The second kappa shape index (κ2) is 5.91. The van der Waals surface area contributed by atoms with Crippen molar-refractivity contribution < 1.29 is 22.4 Å². The molecule has 0 fully saturated rings. The van der Waals surface area contributed by atoms with Gasteiger partial charge in [-0.3, -0.25) is 4.79 Å². The molecule has 3 aromatic rings. The summed E-state index contributed by atoms with van der Waals surface area (Å²) in [5.74, 6) is -0.188. The molecule has 0 unspecified atom stereocenters. The lowest BCUT2D eigenvalue weighted by molar-refractivity contribution is -0.149. The number of furan rings is 1. The Labute approximate surface area is 140 Å². The van der Waals surface area contributed by atoms with Crippen LogP contribution in [0.5, 0.6) is 0 Å². The summed E-state index contributed by atoms with van der Waals surface area (Å²) in [5, 5.41) is 5.96. The van der Waals surface area contributed by atoms with Crippen molar-refractivity contribution in [3.8, 4) is 11.3 Å². The van der Waals surface area contributed by atoms with Crippen molar-refractivity contribution in [2.24, 2.45) is 0 Å². The summed E-state index contributed by atoms with van der Waals surface area (Å²) in [6, 6.07) is 1.56. The first-order valence-corrected chi connectivity index (χ1v) is 7.45. The summed E-state index contributed by atoms with van der Waals surface area (Å²) in [6.07, 6.45) is -1.80. The summed E-state index contributed by atoms with van der Waals surface area (Å²) in [7, 11) is 0. The van der Waals surface area contributed by atoms with Gasteiger partial charge in [0, 0.05) is 11.3 Å². The topological polar surface area (TPSA) is 72.4 Å². The molecule has 0 bridgehead atoms. The number of nitrogens with zero attached hydrogens (tertiary/aromatic N) is 3. The van der Waals surface area contributed by atoms with Gasteiger partial charge in [-0.15, -0.1) is 0 Å². The van der Waals surface area contributed by atoms with Gasteiger partial charge in [-0.25, -0.2) is 9.50 Å². The van der Waals surface area contributed by atoms with Crippen molar-refractivity contribution in [1.29, 1.82) is 0 Å². The first kappa shape index (κ1) is 17.0. The molecule has 9 heteroatoms. The molecule has 3 aromatic heterocycles. The lowest BCUT2D eigenvalue weighted by Gasteiger charge is -2.16. The van der Waals surface area contributed by atoms with Crippen LogP contribution < -0.4 is 5.32 Å². The van der Waals surface area contributed by atoms with E-state index in [4.69, 9.17) is 4.42 Å². The largest absolute Gasteiger partial charge is 0.469 e. The number of hydrogen-bond acceptors (Lipinski definition) is 4. The SMILES string of the molecule is Cc1cc(-c2cc(C)n3ncc(C(=O)N[C@H](C)C(F)(F)F)c3n2)co1. The molecule has 0 saturated heterocycles. The fourth-order valence-electron chi connectivity index (χ4n) is 2.36. The predicted octanol–water partition coefficient (Wildman–Crippen LogP) is 3.29. The average Bonchev–Trinajstić information content (AvgIpc) is 3.12. The first-order valence-electron chi connectivity index (χ1n) is 7.45. The number of aromatic nitrogens is 3. The van der Waals surface area contributed by atoms with Gasteiger partial charge in [0.05, 0.1) is 11.9 Å². The highest BCUT2D eigenvalue weighted by molar-refractivity contribution is 6.00. The number of rotatable bonds is 3. The fraction of sp³-hybridized carbons (Fsp3) is 0.312. The zero-order chi connectivity index (χ0) is 18.4. The molecule has 6 nitrogen and oxygen atoms in total. The van der Waals surface area contributed by atoms with Crippen LogP contribution in [-0.2, 0) is 0 Å². The zero-order valence-electron chi connectivity index (χ0n) is 13.7. The molecule has 0 aliphatic rings. The highest BCUT2D eigenvalue weighted by atomic mass is 19.4. The van der Waals surface area contributed by atoms with E-state index >= 15 is 0 Å². The molecule has 3 heterocycles. The summed E-state index contributed by atoms with van der Waals surface area (Å²) >= 11 is 0. The number of fused-ring (bicyclic) bond motifs is 1. The van der Waals surface area contributed by atoms with Crippen LogP contribution in [0.25, 0.3) is 16.9 Å². The van der Waals surface area contributed by atoms with Crippen LogP contribution in [-0.4, -0.2) is 32.7 Å². The fourth-order valence-corrected chi connectivity index (χ4v) is 2.36. The Morgan fingerprint density at radius 1 is 1.32 bits per heavy atom. The van der Waals surface area contributed by atoms with Crippen molar-refractivity contribution in [2.75, 3.05) is 0 Å². The van der Waals surface area contributed by atoms with Gasteiger partial charge in [-0.05, 0) is 32.9 Å². The molecule has 132 valence electrons. The van der Waals surface area contributed by atoms with Gasteiger partial charge in [-0.1, -0.05) is 0 Å². The lowest BCUT2D eigenvalue weighted by Crippen LogP contribution is -2.43. The van der Waals surface area contributed by atoms with Crippen molar-refractivity contribution in [2.45, 2.75) is 33.0 Å². The van der Waals surface area contributed by atoms with Crippen LogP contribution in [0.1, 0.15) is 28.7 Å². The molecule has 0 radical (unpaired) electrons. The Balaban J connectivity index is 2.02. The summed E-state index contributed by atoms with van der Waals surface area (Å²) in [6.45, 7) is 4.42. The van der Waals surface area contributed by atoms with E-state index in [1.807, 2.05) is 5.32 Å². The highest BCUT2D eigenvalue weighted by Gasteiger charge is 2.37. The Hall–Kier alpha value is -2.84. The minimum Gasteiger partial charge on any atom is -0.469 e. The smallest absolute Gasteiger partial charge is 0.408 e. The molecule has 0 aliphatic carbocycles. The van der Waals surface area contributed by atoms with Crippen molar-refractivity contribution >= 4 is 11.6 Å². The van der Waals surface area contributed by atoms with E-state index < -0.39 is 18.1 Å². The van der Waals surface area contributed by atoms with Crippen LogP contribution in [0.15, 0.2) is 29.0 Å². The maximum Gasteiger partial charge on any atom is 0.408 e. The monoisotopic (exact) mass is 352 g/mol. The molecule has 25 heavy (non-hydrogen) atoms. The van der Waals surface area contributed by atoms with E-state index in [2.05, 4.69) is 10.1 Å². The minimum absolute atomic E-state index is 0.0266. The van der Waals surface area contributed by atoms with Gasteiger partial charge in [0.1, 0.15) is 23.6 Å². The van der Waals surface area contributed by atoms with Crippen LogP contribution >= 0.6 is 0 Å². The standard InChI is InChI=1S/C16H15F3N4O2/c1-8-4-13(11-5-9(2)25-7-11)22-14-12(6-20-23(8)14)15(24)21-10(3)16(17,18)19/h4-7,10H,1-3H3,(H,21,24)/t10-/m1/s1. The van der Waals surface area contributed by atoms with Crippen LogP contribution in [0.4, 0.5) is 13.2 Å². The number of aryl methyl sites for hydroxylation is 2. The Bertz CT molecular complexity index is 943. The summed E-state index contributed by atoms with van der Waals surface area (Å²) < 4.78 is 44.6. The van der Waals surface area contributed by atoms with Gasteiger partial charge >= 0.3 is 6.18 Å². The number of amides is 1. The van der Waals surface area contributed by atoms with Gasteiger partial charge in [0.25, 0.3) is 5.91 Å². The van der Waals surface area contributed by atoms with E-state index in [9.17, 15) is 18.0 Å². The second-order valence-corrected chi connectivity index (χ2v) is 5.76. The molecule has 0 aromatic carbocycles. The minimum atomic E-state index is -4.53.